The van der Waals surface area contributed by atoms with Crippen LogP contribution in [0.3, 0.4) is 0 Å². The number of nitrogens with two attached hydrogens (primary N) is 1. The fourth-order valence-corrected chi connectivity index (χ4v) is 1.66. The van der Waals surface area contributed by atoms with E-state index in [1.807, 2.05) is 0 Å². The van der Waals surface area contributed by atoms with Crippen LogP contribution >= 0.6 is 0 Å². The van der Waals surface area contributed by atoms with Crippen LogP contribution in [-0.2, 0) is 0 Å². The number of amides is 1. The van der Waals surface area contributed by atoms with Crippen LogP contribution in [0.2, 0.25) is 0 Å². The highest BCUT2D eigenvalue weighted by molar-refractivity contribution is 5.92. The predicted molar refractivity (Wildman–Crippen MR) is 74.7 cm³/mol. The first-order chi connectivity index (χ1) is 9.37. The van der Waals surface area contributed by atoms with E-state index >= 15 is 0 Å². The number of rotatable bonds is 4. The molecule has 0 fully saturated rings. The molecule has 0 spiro atoms. The van der Waals surface area contributed by atoms with Crippen molar-refractivity contribution in [3.05, 3.63) is 48.0 Å². The van der Waals surface area contributed by atoms with Gasteiger partial charge in [0.05, 0.1) is 5.56 Å². The van der Waals surface area contributed by atoms with Crippen molar-refractivity contribution in [2.75, 3.05) is 6.54 Å². The SMILES string of the molecule is CC(C)(N)CNC(=O)c1ccc(-c2ccccc2F)o1. The van der Waals surface area contributed by atoms with Crippen molar-refractivity contribution in [3.8, 4) is 11.3 Å². The summed E-state index contributed by atoms with van der Waals surface area (Å²) in [4.78, 5) is 11.9. The van der Waals surface area contributed by atoms with Gasteiger partial charge in [0.15, 0.2) is 5.76 Å². The third-order valence-electron chi connectivity index (χ3n) is 2.67. The van der Waals surface area contributed by atoms with Crippen LogP contribution in [0.15, 0.2) is 40.8 Å². The van der Waals surface area contributed by atoms with Gasteiger partial charge < -0.3 is 15.5 Å². The summed E-state index contributed by atoms with van der Waals surface area (Å²) in [7, 11) is 0. The maximum absolute atomic E-state index is 13.6. The summed E-state index contributed by atoms with van der Waals surface area (Å²) in [6.45, 7) is 3.93. The molecular weight excluding hydrogens is 259 g/mol. The van der Waals surface area contributed by atoms with Gasteiger partial charge in [-0.25, -0.2) is 4.39 Å². The Balaban J connectivity index is 2.13. The molecule has 0 unspecified atom stereocenters. The fraction of sp³-hybridized carbons (Fsp3) is 0.267. The van der Waals surface area contributed by atoms with Crippen molar-refractivity contribution in [2.45, 2.75) is 19.4 Å². The molecule has 0 radical (unpaired) electrons. The molecule has 4 nitrogen and oxygen atoms in total. The molecule has 0 aliphatic rings. The lowest BCUT2D eigenvalue weighted by Crippen LogP contribution is -2.45. The Labute approximate surface area is 116 Å². The average molecular weight is 276 g/mol. The number of hydrogen-bond donors (Lipinski definition) is 2. The molecule has 3 N–H and O–H groups in total. The van der Waals surface area contributed by atoms with E-state index in [1.165, 1.54) is 12.1 Å². The normalized spacial score (nSPS) is 11.4. The van der Waals surface area contributed by atoms with Crippen molar-refractivity contribution in [1.82, 2.24) is 5.32 Å². The second-order valence-corrected chi connectivity index (χ2v) is 5.32. The third kappa shape index (κ3) is 3.45. The van der Waals surface area contributed by atoms with Crippen molar-refractivity contribution in [3.63, 3.8) is 0 Å². The quantitative estimate of drug-likeness (QED) is 0.901. The zero-order valence-electron chi connectivity index (χ0n) is 11.4. The van der Waals surface area contributed by atoms with Crippen LogP contribution in [0.25, 0.3) is 11.3 Å². The fourth-order valence-electron chi connectivity index (χ4n) is 1.66. The van der Waals surface area contributed by atoms with Crippen LogP contribution in [0.5, 0.6) is 0 Å². The third-order valence-corrected chi connectivity index (χ3v) is 2.67. The molecule has 106 valence electrons. The Bertz CT molecular complexity index is 614. The van der Waals surface area contributed by atoms with Crippen LogP contribution < -0.4 is 11.1 Å². The van der Waals surface area contributed by atoms with E-state index in [9.17, 15) is 9.18 Å². The molecule has 0 bridgehead atoms. The van der Waals surface area contributed by atoms with E-state index in [1.54, 1.807) is 38.1 Å². The molecule has 1 aromatic carbocycles. The average Bonchev–Trinajstić information content (AvgIpc) is 2.85. The molecule has 0 atom stereocenters. The van der Waals surface area contributed by atoms with Gasteiger partial charge in [-0.1, -0.05) is 12.1 Å². The van der Waals surface area contributed by atoms with E-state index in [4.69, 9.17) is 10.2 Å². The number of benzene rings is 1. The highest BCUT2D eigenvalue weighted by atomic mass is 19.1. The maximum atomic E-state index is 13.6. The number of hydrogen-bond acceptors (Lipinski definition) is 3. The van der Waals surface area contributed by atoms with Crippen molar-refractivity contribution in [2.24, 2.45) is 5.73 Å². The molecule has 0 saturated heterocycles. The summed E-state index contributed by atoms with van der Waals surface area (Å²) in [6, 6.07) is 9.32. The standard InChI is InChI=1S/C15H17FN2O2/c1-15(2,17)9-18-14(19)13-8-7-12(20-13)10-5-3-4-6-11(10)16/h3-8H,9,17H2,1-2H3,(H,18,19). The number of carbonyl (C=O) groups excluding carboxylic acids is 1. The van der Waals surface area contributed by atoms with Gasteiger partial charge in [-0.3, -0.25) is 4.79 Å². The lowest BCUT2D eigenvalue weighted by atomic mass is 10.1. The van der Waals surface area contributed by atoms with Crippen LogP contribution in [0.4, 0.5) is 4.39 Å². The Morgan fingerprint density at radius 2 is 2.00 bits per heavy atom. The minimum atomic E-state index is -0.503. The first-order valence-corrected chi connectivity index (χ1v) is 6.29. The van der Waals surface area contributed by atoms with Crippen LogP contribution in [0, 0.1) is 5.82 Å². The highest BCUT2D eigenvalue weighted by Gasteiger charge is 2.17. The molecule has 0 saturated carbocycles. The van der Waals surface area contributed by atoms with Crippen LogP contribution in [0.1, 0.15) is 24.4 Å². The smallest absolute Gasteiger partial charge is 0.287 e. The molecular formula is C15H17FN2O2. The van der Waals surface area contributed by atoms with E-state index < -0.39 is 11.4 Å². The van der Waals surface area contributed by atoms with Gasteiger partial charge in [0.2, 0.25) is 0 Å². The van der Waals surface area contributed by atoms with Crippen molar-refractivity contribution < 1.29 is 13.6 Å². The minimum absolute atomic E-state index is 0.132. The summed E-state index contributed by atoms with van der Waals surface area (Å²) < 4.78 is 19.0. The number of halogens is 1. The lowest BCUT2D eigenvalue weighted by molar-refractivity contribution is 0.0919. The number of furan rings is 1. The first-order valence-electron chi connectivity index (χ1n) is 6.29. The predicted octanol–water partition coefficient (Wildman–Crippen LogP) is 2.55. The molecule has 1 heterocycles. The Kier molecular flexibility index (Phi) is 3.90. The molecule has 2 rings (SSSR count). The van der Waals surface area contributed by atoms with E-state index in [2.05, 4.69) is 5.32 Å². The van der Waals surface area contributed by atoms with E-state index in [0.29, 0.717) is 17.9 Å². The van der Waals surface area contributed by atoms with Gasteiger partial charge >= 0.3 is 0 Å². The minimum Gasteiger partial charge on any atom is -0.451 e. The van der Waals surface area contributed by atoms with Crippen LogP contribution in [-0.4, -0.2) is 18.0 Å². The summed E-state index contributed by atoms with van der Waals surface area (Å²) in [6.07, 6.45) is 0. The highest BCUT2D eigenvalue weighted by Crippen LogP contribution is 2.24. The Hall–Kier alpha value is -2.14. The lowest BCUT2D eigenvalue weighted by Gasteiger charge is -2.18. The molecule has 2 aromatic rings. The molecule has 0 aliphatic carbocycles. The van der Waals surface area contributed by atoms with Gasteiger partial charge in [-0.15, -0.1) is 0 Å². The monoisotopic (exact) mass is 276 g/mol. The summed E-state index contributed by atoms with van der Waals surface area (Å²) in [5.41, 5.74) is 5.60. The molecule has 20 heavy (non-hydrogen) atoms. The first kappa shape index (κ1) is 14.3. The topological polar surface area (TPSA) is 68.3 Å². The maximum Gasteiger partial charge on any atom is 0.287 e. The molecule has 1 aromatic heterocycles. The van der Waals surface area contributed by atoms with Crippen molar-refractivity contribution in [1.29, 1.82) is 0 Å². The van der Waals surface area contributed by atoms with Crippen molar-refractivity contribution >= 4 is 5.91 Å². The second-order valence-electron chi connectivity index (χ2n) is 5.32. The summed E-state index contributed by atoms with van der Waals surface area (Å²) in [5, 5.41) is 2.67. The largest absolute Gasteiger partial charge is 0.451 e. The number of nitrogens with one attached hydrogen (secondary N) is 1. The van der Waals surface area contributed by atoms with Gasteiger partial charge in [-0.2, -0.15) is 0 Å². The zero-order valence-corrected chi connectivity index (χ0v) is 11.4. The zero-order chi connectivity index (χ0) is 14.8. The molecule has 5 heteroatoms. The Morgan fingerprint density at radius 3 is 2.65 bits per heavy atom. The number of carbonyl (C=O) groups is 1. The second kappa shape index (κ2) is 5.46. The van der Waals surface area contributed by atoms with Gasteiger partial charge in [-0.05, 0) is 38.1 Å². The molecule has 0 aliphatic heterocycles. The van der Waals surface area contributed by atoms with Gasteiger partial charge in [0.1, 0.15) is 11.6 Å². The summed E-state index contributed by atoms with van der Waals surface area (Å²) in [5.74, 6) is -0.309. The van der Waals surface area contributed by atoms with E-state index in [0.717, 1.165) is 0 Å². The summed E-state index contributed by atoms with van der Waals surface area (Å²) >= 11 is 0. The van der Waals surface area contributed by atoms with E-state index in [-0.39, 0.29) is 11.7 Å². The van der Waals surface area contributed by atoms with Gasteiger partial charge in [0.25, 0.3) is 5.91 Å². The Morgan fingerprint density at radius 1 is 1.30 bits per heavy atom. The van der Waals surface area contributed by atoms with Gasteiger partial charge in [0, 0.05) is 12.1 Å². The molecule has 1 amide bonds.